The van der Waals surface area contributed by atoms with Crippen LogP contribution in [-0.4, -0.2) is 23.9 Å². The fraction of sp³-hybridized carbons (Fsp3) is 0.643. The summed E-state index contributed by atoms with van der Waals surface area (Å²) in [6.45, 7) is 5.59. The summed E-state index contributed by atoms with van der Waals surface area (Å²) in [6, 6.07) is 3.89. The van der Waals surface area contributed by atoms with Gasteiger partial charge in [0.15, 0.2) is 0 Å². The zero-order chi connectivity index (χ0) is 13.7. The molecule has 4 nitrogen and oxygen atoms in total. The van der Waals surface area contributed by atoms with Gasteiger partial charge in [-0.1, -0.05) is 19.8 Å². The van der Waals surface area contributed by atoms with Crippen molar-refractivity contribution in [3.63, 3.8) is 0 Å². The van der Waals surface area contributed by atoms with E-state index in [2.05, 4.69) is 17.2 Å². The number of nitrogens with one attached hydrogen (secondary N) is 1. The summed E-state index contributed by atoms with van der Waals surface area (Å²) in [5.41, 5.74) is 2.18. The monoisotopic (exact) mass is 281 g/mol. The summed E-state index contributed by atoms with van der Waals surface area (Å²) in [6.07, 6.45) is 5.30. The third-order valence-corrected chi connectivity index (χ3v) is 4.87. The number of nitrogens with zero attached hydrogens (tertiary/aromatic N) is 1. The number of hydrogen-bond acceptors (Lipinski definition) is 4. The quantitative estimate of drug-likeness (QED) is 0.495. The molecule has 106 valence electrons. The van der Waals surface area contributed by atoms with Gasteiger partial charge in [0, 0.05) is 11.4 Å². The average Bonchev–Trinajstić information content (AvgIpc) is 2.89. The molecule has 0 saturated carbocycles. The van der Waals surface area contributed by atoms with E-state index in [1.807, 2.05) is 12.1 Å². The molecule has 1 aliphatic rings. The molecule has 0 atom stereocenters. The van der Waals surface area contributed by atoms with Crippen LogP contribution in [0.4, 0.5) is 0 Å². The highest BCUT2D eigenvalue weighted by Crippen LogP contribution is 2.24. The maximum atomic E-state index is 11.4. The van der Waals surface area contributed by atoms with Gasteiger partial charge in [-0.2, -0.15) is 0 Å². The summed E-state index contributed by atoms with van der Waals surface area (Å²) in [4.78, 5) is 15.8. The van der Waals surface area contributed by atoms with Gasteiger partial charge in [-0.05, 0) is 44.0 Å². The first-order valence-corrected chi connectivity index (χ1v) is 7.86. The third kappa shape index (κ3) is 4.03. The standard InChI is InChI=1S/C14H23N3OS/c1-2-3-11-6-8-17(9-7-11)10-12-4-5-13(19-12)14(18)16-15/h4-5,11H,2-3,6-10,15H2,1H3,(H,16,18). The molecule has 0 aliphatic carbocycles. The molecule has 0 bridgehead atoms. The van der Waals surface area contributed by atoms with E-state index in [4.69, 9.17) is 5.84 Å². The highest BCUT2D eigenvalue weighted by atomic mass is 32.1. The number of piperidine rings is 1. The highest BCUT2D eigenvalue weighted by molar-refractivity contribution is 7.14. The van der Waals surface area contributed by atoms with E-state index in [0.29, 0.717) is 4.88 Å². The Morgan fingerprint density at radius 1 is 1.47 bits per heavy atom. The van der Waals surface area contributed by atoms with Crippen molar-refractivity contribution >= 4 is 17.2 Å². The molecule has 1 amide bonds. The van der Waals surface area contributed by atoms with Gasteiger partial charge in [0.1, 0.15) is 0 Å². The van der Waals surface area contributed by atoms with Crippen LogP contribution in [0.25, 0.3) is 0 Å². The van der Waals surface area contributed by atoms with Crippen LogP contribution in [-0.2, 0) is 6.54 Å². The second-order valence-electron chi connectivity index (χ2n) is 5.25. The van der Waals surface area contributed by atoms with E-state index in [9.17, 15) is 4.79 Å². The van der Waals surface area contributed by atoms with Gasteiger partial charge in [-0.3, -0.25) is 15.1 Å². The highest BCUT2D eigenvalue weighted by Gasteiger charge is 2.19. The number of nitrogens with two attached hydrogens (primary N) is 1. The average molecular weight is 281 g/mol. The van der Waals surface area contributed by atoms with Crippen LogP contribution in [0, 0.1) is 5.92 Å². The summed E-state index contributed by atoms with van der Waals surface area (Å²) < 4.78 is 0. The SMILES string of the molecule is CCCC1CCN(Cc2ccc(C(=O)NN)s2)CC1. The number of carbonyl (C=O) groups excluding carboxylic acids is 1. The molecular weight excluding hydrogens is 258 g/mol. The molecule has 0 unspecified atom stereocenters. The Kier molecular flexibility index (Phi) is 5.36. The molecule has 19 heavy (non-hydrogen) atoms. The van der Waals surface area contributed by atoms with Crippen molar-refractivity contribution < 1.29 is 4.79 Å². The largest absolute Gasteiger partial charge is 0.298 e. The Hall–Kier alpha value is -0.910. The Labute approximate surface area is 118 Å². The molecule has 1 saturated heterocycles. The summed E-state index contributed by atoms with van der Waals surface area (Å²) in [5.74, 6) is 5.86. The van der Waals surface area contributed by atoms with Crippen LogP contribution in [0.1, 0.15) is 47.2 Å². The van der Waals surface area contributed by atoms with Gasteiger partial charge in [0.25, 0.3) is 5.91 Å². The Balaban J connectivity index is 1.82. The second-order valence-corrected chi connectivity index (χ2v) is 6.42. The van der Waals surface area contributed by atoms with Crippen molar-refractivity contribution in [3.8, 4) is 0 Å². The maximum absolute atomic E-state index is 11.4. The van der Waals surface area contributed by atoms with Crippen LogP contribution in [0.15, 0.2) is 12.1 Å². The zero-order valence-electron chi connectivity index (χ0n) is 11.5. The van der Waals surface area contributed by atoms with Crippen molar-refractivity contribution in [2.24, 2.45) is 11.8 Å². The summed E-state index contributed by atoms with van der Waals surface area (Å²) >= 11 is 1.54. The molecule has 1 aliphatic heterocycles. The lowest BCUT2D eigenvalue weighted by Crippen LogP contribution is -2.32. The molecule has 1 aromatic rings. The number of amides is 1. The normalized spacial score (nSPS) is 17.6. The van der Waals surface area contributed by atoms with Gasteiger partial charge in [0.2, 0.25) is 0 Å². The molecule has 1 fully saturated rings. The van der Waals surface area contributed by atoms with Gasteiger partial charge in [0.05, 0.1) is 4.88 Å². The fourth-order valence-corrected chi connectivity index (χ4v) is 3.67. The predicted octanol–water partition coefficient (Wildman–Crippen LogP) is 2.36. The number of likely N-dealkylation sites (tertiary alicyclic amines) is 1. The minimum atomic E-state index is -0.196. The molecule has 3 N–H and O–H groups in total. The first kappa shape index (κ1) is 14.5. The number of carbonyl (C=O) groups is 1. The van der Waals surface area contributed by atoms with Crippen molar-refractivity contribution in [1.82, 2.24) is 10.3 Å². The Morgan fingerprint density at radius 2 is 2.21 bits per heavy atom. The molecular formula is C14H23N3OS. The molecule has 2 rings (SSSR count). The van der Waals surface area contributed by atoms with E-state index >= 15 is 0 Å². The van der Waals surface area contributed by atoms with Gasteiger partial charge in [-0.15, -0.1) is 11.3 Å². The van der Waals surface area contributed by atoms with Crippen LogP contribution in [0.3, 0.4) is 0 Å². The minimum absolute atomic E-state index is 0.196. The van der Waals surface area contributed by atoms with E-state index in [-0.39, 0.29) is 5.91 Å². The predicted molar refractivity (Wildman–Crippen MR) is 78.9 cm³/mol. The lowest BCUT2D eigenvalue weighted by Gasteiger charge is -2.31. The van der Waals surface area contributed by atoms with Crippen molar-refractivity contribution in [2.45, 2.75) is 39.2 Å². The van der Waals surface area contributed by atoms with Crippen molar-refractivity contribution in [1.29, 1.82) is 0 Å². The third-order valence-electron chi connectivity index (χ3n) is 3.80. The van der Waals surface area contributed by atoms with Crippen LogP contribution < -0.4 is 11.3 Å². The molecule has 2 heterocycles. The lowest BCUT2D eigenvalue weighted by atomic mass is 9.92. The number of hydrazine groups is 1. The van der Waals surface area contributed by atoms with Crippen molar-refractivity contribution in [3.05, 3.63) is 21.9 Å². The van der Waals surface area contributed by atoms with Crippen LogP contribution >= 0.6 is 11.3 Å². The van der Waals surface area contributed by atoms with E-state index < -0.39 is 0 Å². The number of thiophene rings is 1. The van der Waals surface area contributed by atoms with E-state index in [0.717, 1.165) is 12.5 Å². The van der Waals surface area contributed by atoms with Gasteiger partial charge >= 0.3 is 0 Å². The van der Waals surface area contributed by atoms with Gasteiger partial charge in [-0.25, -0.2) is 5.84 Å². The topological polar surface area (TPSA) is 58.4 Å². The number of nitrogen functional groups attached to an aromatic ring is 1. The smallest absolute Gasteiger partial charge is 0.275 e. The lowest BCUT2D eigenvalue weighted by molar-refractivity contribution is 0.0957. The minimum Gasteiger partial charge on any atom is -0.298 e. The Bertz CT molecular complexity index is 411. The van der Waals surface area contributed by atoms with Gasteiger partial charge < -0.3 is 0 Å². The maximum Gasteiger partial charge on any atom is 0.275 e. The first-order valence-electron chi connectivity index (χ1n) is 7.05. The molecule has 1 aromatic heterocycles. The van der Waals surface area contributed by atoms with Crippen LogP contribution in [0.5, 0.6) is 0 Å². The van der Waals surface area contributed by atoms with E-state index in [1.54, 1.807) is 0 Å². The van der Waals surface area contributed by atoms with Crippen molar-refractivity contribution in [2.75, 3.05) is 13.1 Å². The summed E-state index contributed by atoms with van der Waals surface area (Å²) in [7, 11) is 0. The van der Waals surface area contributed by atoms with Crippen LogP contribution in [0.2, 0.25) is 0 Å². The zero-order valence-corrected chi connectivity index (χ0v) is 12.3. The fourth-order valence-electron chi connectivity index (χ4n) is 2.72. The molecule has 0 spiro atoms. The number of hydrogen-bond donors (Lipinski definition) is 2. The molecule has 5 heteroatoms. The summed E-state index contributed by atoms with van der Waals surface area (Å²) in [5, 5.41) is 0. The molecule has 0 aromatic carbocycles. The first-order chi connectivity index (χ1) is 9.22. The molecule has 0 radical (unpaired) electrons. The Morgan fingerprint density at radius 3 is 2.84 bits per heavy atom. The number of rotatable bonds is 5. The van der Waals surface area contributed by atoms with E-state index in [1.165, 1.54) is 55.0 Å². The second kappa shape index (κ2) is 7.03.